The molecule has 1 aromatic carbocycles. The van der Waals surface area contributed by atoms with Gasteiger partial charge in [-0.1, -0.05) is 12.1 Å². The Hall–Kier alpha value is -1.84. The number of hydrogen-bond acceptors (Lipinski definition) is 3. The number of hydrogen-bond donors (Lipinski definition) is 0. The molecule has 0 fully saturated rings. The molecule has 0 amide bonds. The number of aromatic nitrogens is 3. The normalized spacial score (nSPS) is 10.7. The largest absolute Gasteiger partial charge is 0.494 e. The van der Waals surface area contributed by atoms with Gasteiger partial charge in [0.1, 0.15) is 17.9 Å². The third kappa shape index (κ3) is 3.56. The summed E-state index contributed by atoms with van der Waals surface area (Å²) >= 11 is 0. The van der Waals surface area contributed by atoms with Crippen LogP contribution in [0.4, 0.5) is 0 Å². The Kier molecular flexibility index (Phi) is 4.55. The highest BCUT2D eigenvalue weighted by Crippen LogP contribution is 2.20. The Labute approximate surface area is 114 Å². The average Bonchev–Trinajstić information content (AvgIpc) is 2.79. The molecule has 2 rings (SSSR count). The first kappa shape index (κ1) is 13.6. The molecule has 0 bridgehead atoms. The van der Waals surface area contributed by atoms with Crippen LogP contribution in [-0.4, -0.2) is 21.4 Å². The first-order valence-corrected chi connectivity index (χ1v) is 6.76. The molecule has 102 valence electrons. The van der Waals surface area contributed by atoms with Crippen LogP contribution in [0, 0.1) is 6.92 Å². The lowest BCUT2D eigenvalue weighted by atomic mass is 10.0. The summed E-state index contributed by atoms with van der Waals surface area (Å²) in [5, 5.41) is 4.08. The fourth-order valence-electron chi connectivity index (χ4n) is 2.18. The van der Waals surface area contributed by atoms with Crippen molar-refractivity contribution in [1.82, 2.24) is 14.8 Å². The van der Waals surface area contributed by atoms with Crippen molar-refractivity contribution in [3.63, 3.8) is 0 Å². The molecule has 0 aliphatic heterocycles. The number of rotatable bonds is 6. The number of ether oxygens (including phenoxy) is 1. The van der Waals surface area contributed by atoms with Crippen molar-refractivity contribution in [3.8, 4) is 5.75 Å². The van der Waals surface area contributed by atoms with Crippen LogP contribution in [0.5, 0.6) is 5.75 Å². The summed E-state index contributed by atoms with van der Waals surface area (Å²) in [6.45, 7) is 4.82. The van der Waals surface area contributed by atoms with Gasteiger partial charge >= 0.3 is 0 Å². The van der Waals surface area contributed by atoms with Crippen molar-refractivity contribution in [2.75, 3.05) is 6.61 Å². The third-order valence-corrected chi connectivity index (χ3v) is 3.21. The smallest absolute Gasteiger partial charge is 0.138 e. The first-order chi connectivity index (χ1) is 9.20. The Morgan fingerprint density at radius 1 is 1.26 bits per heavy atom. The highest BCUT2D eigenvalue weighted by molar-refractivity contribution is 5.36. The summed E-state index contributed by atoms with van der Waals surface area (Å²) < 4.78 is 7.39. The lowest BCUT2D eigenvalue weighted by molar-refractivity contribution is 0.338. The maximum atomic E-state index is 5.55. The Balaban J connectivity index is 1.89. The van der Waals surface area contributed by atoms with Crippen molar-refractivity contribution in [1.29, 1.82) is 0 Å². The van der Waals surface area contributed by atoms with Crippen molar-refractivity contribution in [2.24, 2.45) is 7.05 Å². The predicted molar refractivity (Wildman–Crippen MR) is 75.4 cm³/mol. The Morgan fingerprint density at radius 2 is 2.11 bits per heavy atom. The molecule has 1 aromatic heterocycles. The molecule has 4 heteroatoms. The molecule has 0 aliphatic rings. The zero-order chi connectivity index (χ0) is 13.7. The minimum atomic E-state index is 0.715. The summed E-state index contributed by atoms with van der Waals surface area (Å²) in [5.41, 5.74) is 2.56. The van der Waals surface area contributed by atoms with Gasteiger partial charge in [-0.2, -0.15) is 5.10 Å². The first-order valence-electron chi connectivity index (χ1n) is 6.76. The van der Waals surface area contributed by atoms with Crippen LogP contribution in [0.2, 0.25) is 0 Å². The van der Waals surface area contributed by atoms with Gasteiger partial charge in [-0.3, -0.25) is 4.68 Å². The SMILES string of the molecule is CCOc1ccc(CCCc2ncnn2C)cc1C. The fourth-order valence-corrected chi connectivity index (χ4v) is 2.18. The van der Waals surface area contributed by atoms with E-state index >= 15 is 0 Å². The molecular weight excluding hydrogens is 238 g/mol. The van der Waals surface area contributed by atoms with Gasteiger partial charge in [-0.05, 0) is 43.9 Å². The van der Waals surface area contributed by atoms with E-state index < -0.39 is 0 Å². The molecule has 0 unspecified atom stereocenters. The van der Waals surface area contributed by atoms with E-state index in [-0.39, 0.29) is 0 Å². The molecule has 1 heterocycles. The molecule has 2 aromatic rings. The summed E-state index contributed by atoms with van der Waals surface area (Å²) in [5.74, 6) is 2.03. The monoisotopic (exact) mass is 259 g/mol. The molecular formula is C15H21N3O. The lowest BCUT2D eigenvalue weighted by Gasteiger charge is -2.09. The van der Waals surface area contributed by atoms with Crippen LogP contribution in [-0.2, 0) is 19.9 Å². The van der Waals surface area contributed by atoms with Gasteiger partial charge in [-0.25, -0.2) is 4.98 Å². The van der Waals surface area contributed by atoms with E-state index in [1.165, 1.54) is 11.1 Å². The molecule has 0 atom stereocenters. The minimum absolute atomic E-state index is 0.715. The van der Waals surface area contributed by atoms with Gasteiger partial charge in [0.05, 0.1) is 6.61 Å². The highest BCUT2D eigenvalue weighted by Gasteiger charge is 2.03. The van der Waals surface area contributed by atoms with Gasteiger partial charge in [0, 0.05) is 13.5 Å². The summed E-state index contributed by atoms with van der Waals surface area (Å²) in [6, 6.07) is 6.42. The van der Waals surface area contributed by atoms with E-state index in [0.717, 1.165) is 30.8 Å². The van der Waals surface area contributed by atoms with Crippen molar-refractivity contribution < 1.29 is 4.74 Å². The second kappa shape index (κ2) is 6.36. The van der Waals surface area contributed by atoms with E-state index in [1.54, 1.807) is 6.33 Å². The van der Waals surface area contributed by atoms with E-state index in [1.807, 2.05) is 18.7 Å². The van der Waals surface area contributed by atoms with Crippen LogP contribution in [0.3, 0.4) is 0 Å². The second-order valence-electron chi connectivity index (χ2n) is 4.69. The van der Waals surface area contributed by atoms with Crippen LogP contribution in [0.1, 0.15) is 30.3 Å². The van der Waals surface area contributed by atoms with Crippen LogP contribution in [0.25, 0.3) is 0 Å². The van der Waals surface area contributed by atoms with Crippen LogP contribution in [0.15, 0.2) is 24.5 Å². The van der Waals surface area contributed by atoms with E-state index in [4.69, 9.17) is 4.74 Å². The van der Waals surface area contributed by atoms with Crippen molar-refractivity contribution in [2.45, 2.75) is 33.1 Å². The molecule has 0 spiro atoms. The van der Waals surface area contributed by atoms with Gasteiger partial charge in [-0.15, -0.1) is 0 Å². The second-order valence-corrected chi connectivity index (χ2v) is 4.69. The van der Waals surface area contributed by atoms with E-state index in [0.29, 0.717) is 6.61 Å². The fraction of sp³-hybridized carbons (Fsp3) is 0.467. The summed E-state index contributed by atoms with van der Waals surface area (Å²) in [6.07, 6.45) is 4.71. The molecule has 0 aliphatic carbocycles. The molecule has 0 N–H and O–H groups in total. The van der Waals surface area contributed by atoms with Crippen molar-refractivity contribution in [3.05, 3.63) is 41.5 Å². The molecule has 0 saturated carbocycles. The number of nitrogens with zero attached hydrogens (tertiary/aromatic N) is 3. The highest BCUT2D eigenvalue weighted by atomic mass is 16.5. The quantitative estimate of drug-likeness (QED) is 0.800. The maximum Gasteiger partial charge on any atom is 0.138 e. The van der Waals surface area contributed by atoms with Gasteiger partial charge < -0.3 is 4.74 Å². The van der Waals surface area contributed by atoms with E-state index in [9.17, 15) is 0 Å². The van der Waals surface area contributed by atoms with Gasteiger partial charge in [0.15, 0.2) is 0 Å². The van der Waals surface area contributed by atoms with Crippen LogP contribution < -0.4 is 4.74 Å². The molecule has 0 radical (unpaired) electrons. The molecule has 0 saturated heterocycles. The standard InChI is InChI=1S/C15H21N3O/c1-4-19-14-9-8-13(10-12(14)2)6-5-7-15-16-11-17-18(15)3/h8-11H,4-7H2,1-3H3. The lowest BCUT2D eigenvalue weighted by Crippen LogP contribution is -2.01. The zero-order valence-electron chi connectivity index (χ0n) is 11.9. The number of benzene rings is 1. The Bertz CT molecular complexity index is 534. The topological polar surface area (TPSA) is 39.9 Å². The number of aryl methyl sites for hydroxylation is 4. The zero-order valence-corrected chi connectivity index (χ0v) is 11.9. The molecule has 4 nitrogen and oxygen atoms in total. The summed E-state index contributed by atoms with van der Waals surface area (Å²) in [4.78, 5) is 4.23. The average molecular weight is 259 g/mol. The van der Waals surface area contributed by atoms with Gasteiger partial charge in [0.25, 0.3) is 0 Å². The Morgan fingerprint density at radius 3 is 2.74 bits per heavy atom. The minimum Gasteiger partial charge on any atom is -0.494 e. The third-order valence-electron chi connectivity index (χ3n) is 3.21. The summed E-state index contributed by atoms with van der Waals surface area (Å²) in [7, 11) is 1.93. The van der Waals surface area contributed by atoms with Crippen LogP contribution >= 0.6 is 0 Å². The van der Waals surface area contributed by atoms with Gasteiger partial charge in [0.2, 0.25) is 0 Å². The predicted octanol–water partition coefficient (Wildman–Crippen LogP) is 2.70. The molecule has 19 heavy (non-hydrogen) atoms. The van der Waals surface area contributed by atoms with E-state index in [2.05, 4.69) is 35.2 Å². The van der Waals surface area contributed by atoms with Crippen molar-refractivity contribution >= 4 is 0 Å². The maximum absolute atomic E-state index is 5.55.